The number of pyridine rings is 1. The number of morpholine rings is 1. The Labute approximate surface area is 136 Å². The fraction of sp³-hybridized carbons (Fsp3) is 0.588. The molecule has 0 aliphatic carbocycles. The van der Waals surface area contributed by atoms with Crippen LogP contribution in [0.15, 0.2) is 24.5 Å². The van der Waals surface area contributed by atoms with E-state index in [1.54, 1.807) is 23.2 Å². The second-order valence-corrected chi connectivity index (χ2v) is 6.80. The molecule has 1 aromatic heterocycles. The van der Waals surface area contributed by atoms with E-state index in [2.05, 4.69) is 4.98 Å². The Hall–Kier alpha value is -1.95. The lowest BCUT2D eigenvalue weighted by Crippen LogP contribution is -2.55. The van der Waals surface area contributed by atoms with Gasteiger partial charge in [0.15, 0.2) is 5.78 Å². The largest absolute Gasteiger partial charge is 0.444 e. The highest BCUT2D eigenvalue weighted by molar-refractivity contribution is 5.96. The van der Waals surface area contributed by atoms with Gasteiger partial charge in [0.2, 0.25) is 0 Å². The number of hydrogen-bond donors (Lipinski definition) is 0. The monoisotopic (exact) mass is 320 g/mol. The van der Waals surface area contributed by atoms with Crippen molar-refractivity contribution in [1.82, 2.24) is 9.88 Å². The molecule has 0 bridgehead atoms. The van der Waals surface area contributed by atoms with Crippen LogP contribution in [0.3, 0.4) is 0 Å². The predicted octanol–water partition coefficient (Wildman–Crippen LogP) is 2.68. The number of ketones is 1. The summed E-state index contributed by atoms with van der Waals surface area (Å²) in [6.07, 6.45) is 2.94. The molecule has 2 unspecified atom stereocenters. The van der Waals surface area contributed by atoms with Gasteiger partial charge < -0.3 is 9.47 Å². The summed E-state index contributed by atoms with van der Waals surface area (Å²) in [6.45, 7) is 8.14. The first kappa shape index (κ1) is 17.4. The number of carbonyl (C=O) groups excluding carboxylic acids is 2. The molecular weight excluding hydrogens is 296 g/mol. The van der Waals surface area contributed by atoms with Gasteiger partial charge in [0.25, 0.3) is 0 Å². The van der Waals surface area contributed by atoms with E-state index in [0.29, 0.717) is 18.8 Å². The van der Waals surface area contributed by atoms with Crippen LogP contribution < -0.4 is 0 Å². The predicted molar refractivity (Wildman–Crippen MR) is 85.3 cm³/mol. The van der Waals surface area contributed by atoms with Crippen molar-refractivity contribution in [3.8, 4) is 0 Å². The van der Waals surface area contributed by atoms with Crippen LogP contribution in [-0.4, -0.2) is 52.7 Å². The zero-order valence-corrected chi connectivity index (χ0v) is 14.1. The number of hydrogen-bond acceptors (Lipinski definition) is 5. The highest BCUT2D eigenvalue weighted by Crippen LogP contribution is 2.21. The molecule has 1 amide bonds. The summed E-state index contributed by atoms with van der Waals surface area (Å²) in [5.74, 6) is -0.0608. The van der Waals surface area contributed by atoms with Gasteiger partial charge in [-0.15, -0.1) is 0 Å². The van der Waals surface area contributed by atoms with E-state index >= 15 is 0 Å². The molecule has 6 heteroatoms. The Balaban J connectivity index is 2.11. The van der Waals surface area contributed by atoms with Gasteiger partial charge in [-0.25, -0.2) is 4.79 Å². The summed E-state index contributed by atoms with van der Waals surface area (Å²) in [7, 11) is 0. The molecule has 2 rings (SSSR count). The van der Waals surface area contributed by atoms with Gasteiger partial charge in [-0.1, -0.05) is 0 Å². The molecule has 1 fully saturated rings. The summed E-state index contributed by atoms with van der Waals surface area (Å²) in [5, 5.41) is 0. The number of aromatic nitrogens is 1. The SMILES string of the molecule is CC1COCC(CC(=O)c2cccnc2)N1C(=O)OC(C)(C)C. The molecule has 2 heterocycles. The second-order valence-electron chi connectivity index (χ2n) is 6.80. The van der Waals surface area contributed by atoms with Gasteiger partial charge in [0.05, 0.1) is 25.3 Å². The van der Waals surface area contributed by atoms with Crippen LogP contribution in [0.25, 0.3) is 0 Å². The Morgan fingerprint density at radius 1 is 1.39 bits per heavy atom. The summed E-state index contributed by atoms with van der Waals surface area (Å²) in [4.78, 5) is 30.5. The van der Waals surface area contributed by atoms with Gasteiger partial charge in [-0.3, -0.25) is 14.7 Å². The van der Waals surface area contributed by atoms with Gasteiger partial charge in [-0.05, 0) is 39.8 Å². The molecule has 126 valence electrons. The minimum absolute atomic E-state index is 0.0608. The van der Waals surface area contributed by atoms with E-state index in [1.807, 2.05) is 27.7 Å². The van der Waals surface area contributed by atoms with Crippen molar-refractivity contribution >= 4 is 11.9 Å². The van der Waals surface area contributed by atoms with Crippen LogP contribution in [0.1, 0.15) is 44.5 Å². The number of carbonyl (C=O) groups is 2. The highest BCUT2D eigenvalue weighted by atomic mass is 16.6. The molecule has 2 atom stereocenters. The fourth-order valence-corrected chi connectivity index (χ4v) is 2.56. The van der Waals surface area contributed by atoms with E-state index in [9.17, 15) is 9.59 Å². The van der Waals surface area contributed by atoms with Crippen molar-refractivity contribution in [3.05, 3.63) is 30.1 Å². The quantitative estimate of drug-likeness (QED) is 0.801. The maximum atomic E-state index is 12.5. The number of amides is 1. The molecule has 0 saturated carbocycles. The first-order valence-electron chi connectivity index (χ1n) is 7.80. The second kappa shape index (κ2) is 7.08. The molecule has 0 N–H and O–H groups in total. The van der Waals surface area contributed by atoms with E-state index in [4.69, 9.17) is 9.47 Å². The first-order valence-corrected chi connectivity index (χ1v) is 7.80. The van der Waals surface area contributed by atoms with Crippen LogP contribution >= 0.6 is 0 Å². The molecule has 0 aromatic carbocycles. The zero-order chi connectivity index (χ0) is 17.0. The van der Waals surface area contributed by atoms with Crippen molar-refractivity contribution in [1.29, 1.82) is 0 Å². The average Bonchev–Trinajstić information content (AvgIpc) is 2.46. The molecule has 23 heavy (non-hydrogen) atoms. The number of ether oxygens (including phenoxy) is 2. The van der Waals surface area contributed by atoms with Crippen molar-refractivity contribution in [3.63, 3.8) is 0 Å². The average molecular weight is 320 g/mol. The number of nitrogens with zero attached hydrogens (tertiary/aromatic N) is 2. The van der Waals surface area contributed by atoms with Gasteiger partial charge >= 0.3 is 6.09 Å². The number of rotatable bonds is 3. The normalized spacial score (nSPS) is 21.8. The zero-order valence-electron chi connectivity index (χ0n) is 14.1. The first-order chi connectivity index (χ1) is 10.8. The van der Waals surface area contributed by atoms with Crippen molar-refractivity contribution in [2.75, 3.05) is 13.2 Å². The summed E-state index contributed by atoms with van der Waals surface area (Å²) in [5.41, 5.74) is -0.0395. The summed E-state index contributed by atoms with van der Waals surface area (Å²) < 4.78 is 11.0. The van der Waals surface area contributed by atoms with E-state index in [0.717, 1.165) is 0 Å². The Kier molecular flexibility index (Phi) is 5.36. The standard InChI is InChI=1S/C17H24N2O4/c1-12-10-22-11-14(19(12)16(21)23-17(2,3)4)8-15(20)13-6-5-7-18-9-13/h5-7,9,12,14H,8,10-11H2,1-4H3. The van der Waals surface area contributed by atoms with Crippen LogP contribution in [0, 0.1) is 0 Å². The third kappa shape index (κ3) is 4.76. The lowest BCUT2D eigenvalue weighted by molar-refractivity contribution is -0.0558. The minimum Gasteiger partial charge on any atom is -0.444 e. The molecule has 1 aliphatic rings. The molecule has 0 radical (unpaired) electrons. The molecule has 1 saturated heterocycles. The van der Waals surface area contributed by atoms with E-state index in [1.165, 1.54) is 6.20 Å². The van der Waals surface area contributed by atoms with Crippen LogP contribution in [0.5, 0.6) is 0 Å². The number of Topliss-reactive ketones (excluding diaryl/α,β-unsaturated/α-hetero) is 1. The topological polar surface area (TPSA) is 68.7 Å². The molecule has 1 aromatic rings. The Morgan fingerprint density at radius 2 is 2.13 bits per heavy atom. The summed E-state index contributed by atoms with van der Waals surface area (Å²) in [6, 6.07) is 2.98. The molecular formula is C17H24N2O4. The third-order valence-corrected chi connectivity index (χ3v) is 3.55. The van der Waals surface area contributed by atoms with Crippen LogP contribution in [-0.2, 0) is 9.47 Å². The van der Waals surface area contributed by atoms with Crippen LogP contribution in [0.2, 0.25) is 0 Å². The van der Waals surface area contributed by atoms with E-state index < -0.39 is 11.7 Å². The molecule has 0 spiro atoms. The van der Waals surface area contributed by atoms with Gasteiger partial charge in [0.1, 0.15) is 5.60 Å². The Morgan fingerprint density at radius 3 is 2.74 bits per heavy atom. The summed E-state index contributed by atoms with van der Waals surface area (Å²) >= 11 is 0. The van der Waals surface area contributed by atoms with E-state index in [-0.39, 0.29) is 24.3 Å². The van der Waals surface area contributed by atoms with Crippen LogP contribution in [0.4, 0.5) is 4.79 Å². The lowest BCUT2D eigenvalue weighted by atomic mass is 10.0. The molecule has 6 nitrogen and oxygen atoms in total. The van der Waals surface area contributed by atoms with Crippen molar-refractivity contribution in [2.45, 2.75) is 51.8 Å². The van der Waals surface area contributed by atoms with Crippen molar-refractivity contribution in [2.24, 2.45) is 0 Å². The lowest BCUT2D eigenvalue weighted by Gasteiger charge is -2.40. The third-order valence-electron chi connectivity index (χ3n) is 3.55. The van der Waals surface area contributed by atoms with Crippen molar-refractivity contribution < 1.29 is 19.1 Å². The maximum absolute atomic E-state index is 12.5. The minimum atomic E-state index is -0.576. The smallest absolute Gasteiger partial charge is 0.410 e. The maximum Gasteiger partial charge on any atom is 0.410 e. The highest BCUT2D eigenvalue weighted by Gasteiger charge is 2.36. The van der Waals surface area contributed by atoms with Gasteiger partial charge in [-0.2, -0.15) is 0 Å². The Bertz CT molecular complexity index is 553. The molecule has 1 aliphatic heterocycles. The fourth-order valence-electron chi connectivity index (χ4n) is 2.56. The van der Waals surface area contributed by atoms with Gasteiger partial charge in [0, 0.05) is 24.4 Å².